The molecule has 9 nitrogen and oxygen atoms in total. The summed E-state index contributed by atoms with van der Waals surface area (Å²) in [6.07, 6.45) is -0.205. The number of carbonyl (C=O) groups excluding carboxylic acids is 3. The summed E-state index contributed by atoms with van der Waals surface area (Å²) < 4.78 is 20.7. The average molecular weight is 437 g/mol. The van der Waals surface area contributed by atoms with E-state index >= 15 is 0 Å². The van der Waals surface area contributed by atoms with Gasteiger partial charge in [0.25, 0.3) is 0 Å². The van der Waals surface area contributed by atoms with Crippen LogP contribution in [0.5, 0.6) is 11.5 Å². The average Bonchev–Trinajstić information content (AvgIpc) is 3.06. The smallest absolute Gasteiger partial charge is 0.408 e. The lowest BCUT2D eigenvalue weighted by molar-refractivity contribution is -0.161. The van der Waals surface area contributed by atoms with Gasteiger partial charge in [0.1, 0.15) is 11.6 Å². The molecule has 1 aromatic carbocycles. The van der Waals surface area contributed by atoms with Crippen molar-refractivity contribution in [1.82, 2.24) is 5.32 Å². The van der Waals surface area contributed by atoms with Gasteiger partial charge in [0, 0.05) is 6.04 Å². The highest BCUT2D eigenvalue weighted by molar-refractivity contribution is 5.90. The third-order valence-electron chi connectivity index (χ3n) is 4.26. The Morgan fingerprint density at radius 3 is 2.48 bits per heavy atom. The fourth-order valence-electron chi connectivity index (χ4n) is 3.02. The van der Waals surface area contributed by atoms with Crippen LogP contribution in [0.1, 0.15) is 53.0 Å². The molecule has 0 bridgehead atoms. The molecule has 1 amide bonds. The van der Waals surface area contributed by atoms with E-state index in [4.69, 9.17) is 24.7 Å². The lowest BCUT2D eigenvalue weighted by Gasteiger charge is -2.23. The van der Waals surface area contributed by atoms with Crippen LogP contribution in [-0.4, -0.2) is 42.5 Å². The highest BCUT2D eigenvalue weighted by Gasteiger charge is 2.28. The van der Waals surface area contributed by atoms with Crippen LogP contribution in [0.25, 0.3) is 0 Å². The Bertz CT molecular complexity index is 802. The van der Waals surface area contributed by atoms with Crippen LogP contribution in [0, 0.1) is 5.92 Å². The van der Waals surface area contributed by atoms with Crippen molar-refractivity contribution in [2.24, 2.45) is 11.7 Å². The van der Waals surface area contributed by atoms with Gasteiger partial charge in [0.15, 0.2) is 11.5 Å². The summed E-state index contributed by atoms with van der Waals surface area (Å²) in [7, 11) is 0. The predicted molar refractivity (Wildman–Crippen MR) is 113 cm³/mol. The molecule has 1 aromatic rings. The first-order valence-corrected chi connectivity index (χ1v) is 10.3. The number of fused-ring (bicyclic) bond motifs is 1. The Kier molecular flexibility index (Phi) is 8.27. The summed E-state index contributed by atoms with van der Waals surface area (Å²) >= 11 is 0. The van der Waals surface area contributed by atoms with Crippen molar-refractivity contribution in [3.05, 3.63) is 23.8 Å². The van der Waals surface area contributed by atoms with Crippen molar-refractivity contribution in [2.75, 3.05) is 6.79 Å². The number of amides is 1. The minimum absolute atomic E-state index is 0.0795. The Balaban J connectivity index is 1.88. The van der Waals surface area contributed by atoms with E-state index in [1.165, 1.54) is 0 Å². The molecule has 2 atom stereocenters. The van der Waals surface area contributed by atoms with Crippen LogP contribution >= 0.6 is 0 Å². The number of carbonyl (C=O) groups is 3. The Morgan fingerprint density at radius 2 is 1.84 bits per heavy atom. The van der Waals surface area contributed by atoms with E-state index < -0.39 is 35.7 Å². The number of hydrogen-bond acceptors (Lipinski definition) is 8. The maximum atomic E-state index is 12.5. The topological polar surface area (TPSA) is 126 Å². The molecular weight excluding hydrogens is 404 g/mol. The number of ether oxygens (including phenoxy) is 4. The van der Waals surface area contributed by atoms with Crippen molar-refractivity contribution in [2.45, 2.75) is 71.6 Å². The summed E-state index contributed by atoms with van der Waals surface area (Å²) in [6, 6.07) is 3.88. The Labute approximate surface area is 182 Å². The maximum Gasteiger partial charge on any atom is 0.408 e. The molecule has 31 heavy (non-hydrogen) atoms. The van der Waals surface area contributed by atoms with Gasteiger partial charge in [-0.1, -0.05) is 19.9 Å². The van der Waals surface area contributed by atoms with E-state index in [9.17, 15) is 14.4 Å². The van der Waals surface area contributed by atoms with Gasteiger partial charge in [-0.15, -0.1) is 0 Å². The lowest BCUT2D eigenvalue weighted by atomic mass is 10.0. The normalized spacial score (nSPS) is 14.7. The predicted octanol–water partition coefficient (Wildman–Crippen LogP) is 2.68. The summed E-state index contributed by atoms with van der Waals surface area (Å²) in [6.45, 7) is 9.10. The molecule has 1 heterocycles. The van der Waals surface area contributed by atoms with Gasteiger partial charge in [-0.05, 0) is 57.2 Å². The molecule has 1 aliphatic rings. The largest absolute Gasteiger partial charge is 0.454 e. The lowest BCUT2D eigenvalue weighted by Crippen LogP contribution is -2.45. The molecule has 1 aliphatic heterocycles. The second-order valence-electron chi connectivity index (χ2n) is 8.98. The van der Waals surface area contributed by atoms with E-state index in [1.807, 2.05) is 26.0 Å². The fourth-order valence-corrected chi connectivity index (χ4v) is 3.02. The summed E-state index contributed by atoms with van der Waals surface area (Å²) in [5.74, 6) is -0.211. The van der Waals surface area contributed by atoms with Gasteiger partial charge in [-0.3, -0.25) is 4.79 Å². The highest BCUT2D eigenvalue weighted by Crippen LogP contribution is 2.32. The molecule has 3 N–H and O–H groups in total. The quantitative estimate of drug-likeness (QED) is 0.470. The van der Waals surface area contributed by atoms with E-state index in [-0.39, 0.29) is 19.1 Å². The fraction of sp³-hybridized carbons (Fsp3) is 0.591. The molecule has 1 unspecified atom stereocenters. The second kappa shape index (κ2) is 10.5. The minimum atomic E-state index is -0.996. The van der Waals surface area contributed by atoms with Crippen molar-refractivity contribution in [3.8, 4) is 11.5 Å². The zero-order valence-electron chi connectivity index (χ0n) is 18.7. The molecule has 2 rings (SSSR count). The monoisotopic (exact) mass is 436 g/mol. The van der Waals surface area contributed by atoms with Gasteiger partial charge in [0.05, 0.1) is 6.42 Å². The summed E-state index contributed by atoms with van der Waals surface area (Å²) in [4.78, 5) is 36.7. The number of nitrogens with one attached hydrogen (secondary N) is 1. The van der Waals surface area contributed by atoms with E-state index in [0.29, 0.717) is 24.3 Å². The number of nitrogens with two attached hydrogens (primary N) is 1. The number of alkyl carbamates (subject to hydrolysis) is 1. The van der Waals surface area contributed by atoms with E-state index in [2.05, 4.69) is 5.32 Å². The van der Waals surface area contributed by atoms with Crippen LogP contribution in [-0.2, 0) is 25.5 Å². The SMILES string of the molecule is CC(C)C[C@H](NC(=O)OC(C)(C)C)C(=O)OC(=O)CC(N)Cc1ccc2c(c1)OCO2. The molecule has 0 saturated carbocycles. The van der Waals surface area contributed by atoms with Crippen molar-refractivity contribution in [1.29, 1.82) is 0 Å². The molecule has 0 aromatic heterocycles. The van der Waals surface area contributed by atoms with E-state index in [1.54, 1.807) is 26.8 Å². The van der Waals surface area contributed by atoms with Gasteiger partial charge < -0.3 is 30.0 Å². The van der Waals surface area contributed by atoms with Gasteiger partial charge in [0.2, 0.25) is 6.79 Å². The molecule has 0 aliphatic carbocycles. The summed E-state index contributed by atoms with van der Waals surface area (Å²) in [5, 5.41) is 2.48. The maximum absolute atomic E-state index is 12.5. The Morgan fingerprint density at radius 1 is 1.16 bits per heavy atom. The number of esters is 2. The van der Waals surface area contributed by atoms with Crippen LogP contribution in [0.2, 0.25) is 0 Å². The van der Waals surface area contributed by atoms with Crippen LogP contribution in [0.4, 0.5) is 4.79 Å². The van der Waals surface area contributed by atoms with Crippen LogP contribution in [0.15, 0.2) is 18.2 Å². The van der Waals surface area contributed by atoms with Crippen molar-refractivity contribution in [3.63, 3.8) is 0 Å². The molecular formula is C22H32N2O7. The summed E-state index contributed by atoms with van der Waals surface area (Å²) in [5.41, 5.74) is 6.22. The third-order valence-corrected chi connectivity index (χ3v) is 4.26. The van der Waals surface area contributed by atoms with Gasteiger partial charge in [-0.2, -0.15) is 0 Å². The number of benzene rings is 1. The molecule has 0 fully saturated rings. The standard InChI is InChI=1S/C22H32N2O7/c1-13(2)8-16(24-21(27)31-22(3,4)5)20(26)30-19(25)11-15(23)9-14-6-7-17-18(10-14)29-12-28-17/h6-7,10,13,15-16H,8-9,11-12,23H2,1-5H3,(H,24,27)/t15?,16-/m0/s1. The minimum Gasteiger partial charge on any atom is -0.454 e. The third kappa shape index (κ3) is 8.45. The van der Waals surface area contributed by atoms with Crippen LogP contribution in [0.3, 0.4) is 0 Å². The number of hydrogen-bond donors (Lipinski definition) is 2. The second-order valence-corrected chi connectivity index (χ2v) is 8.98. The first kappa shape index (κ1) is 24.5. The molecule has 0 spiro atoms. The van der Waals surface area contributed by atoms with Crippen molar-refractivity contribution < 1.29 is 33.3 Å². The first-order chi connectivity index (χ1) is 14.4. The van der Waals surface area contributed by atoms with Gasteiger partial charge >= 0.3 is 18.0 Å². The molecule has 0 radical (unpaired) electrons. The van der Waals surface area contributed by atoms with Crippen molar-refractivity contribution >= 4 is 18.0 Å². The zero-order chi connectivity index (χ0) is 23.2. The zero-order valence-corrected chi connectivity index (χ0v) is 18.7. The number of rotatable bonds is 8. The molecule has 9 heteroatoms. The van der Waals surface area contributed by atoms with Gasteiger partial charge in [-0.25, -0.2) is 9.59 Å². The first-order valence-electron chi connectivity index (χ1n) is 10.3. The highest BCUT2D eigenvalue weighted by atomic mass is 16.7. The molecule has 172 valence electrons. The van der Waals surface area contributed by atoms with Crippen LogP contribution < -0.4 is 20.5 Å². The van der Waals surface area contributed by atoms with E-state index in [0.717, 1.165) is 5.56 Å². The molecule has 0 saturated heterocycles. The Hall–Kier alpha value is -2.81.